The molecule has 3 aromatic heterocycles. The summed E-state index contributed by atoms with van der Waals surface area (Å²) in [5, 5.41) is 8.96. The minimum Gasteiger partial charge on any atom is -0.444 e. The first-order chi connectivity index (χ1) is 14.1. The number of halogens is 1. The Morgan fingerprint density at radius 1 is 1.30 bits per heavy atom. The Balaban J connectivity index is 1.69. The number of carbonyl (C=O) groups excluding carboxylic acids is 1. The fourth-order valence-electron chi connectivity index (χ4n) is 3.74. The molecule has 9 nitrogen and oxygen atoms in total. The SMILES string of the molecule is Cn1cc(-c2cnn3c(N)c(Cl)c(C4CCCN(C(=O)OC(C)(C)C)C4)nc23)cn1. The second-order valence-corrected chi connectivity index (χ2v) is 9.04. The van der Waals surface area contributed by atoms with Gasteiger partial charge in [-0.2, -0.15) is 14.7 Å². The summed E-state index contributed by atoms with van der Waals surface area (Å²) in [4.78, 5) is 19.1. The summed E-state index contributed by atoms with van der Waals surface area (Å²) in [5.41, 5.74) is 8.78. The van der Waals surface area contributed by atoms with E-state index in [9.17, 15) is 4.79 Å². The lowest BCUT2D eigenvalue weighted by Gasteiger charge is -2.34. The Morgan fingerprint density at radius 3 is 2.73 bits per heavy atom. The molecule has 0 bridgehead atoms. The van der Waals surface area contributed by atoms with Crippen LogP contribution in [0, 0.1) is 0 Å². The molecule has 4 heterocycles. The molecule has 160 valence electrons. The van der Waals surface area contributed by atoms with Gasteiger partial charge in [0.2, 0.25) is 0 Å². The minimum absolute atomic E-state index is 0.0392. The highest BCUT2D eigenvalue weighted by molar-refractivity contribution is 6.33. The summed E-state index contributed by atoms with van der Waals surface area (Å²) in [6.07, 6.45) is 6.74. The molecule has 1 saturated heterocycles. The van der Waals surface area contributed by atoms with Crippen molar-refractivity contribution in [3.05, 3.63) is 29.3 Å². The summed E-state index contributed by atoms with van der Waals surface area (Å²) in [6, 6.07) is 0. The lowest BCUT2D eigenvalue weighted by molar-refractivity contribution is 0.0197. The molecule has 0 spiro atoms. The molecule has 1 aliphatic rings. The minimum atomic E-state index is -0.542. The normalized spacial score (nSPS) is 17.5. The molecule has 0 saturated carbocycles. The summed E-state index contributed by atoms with van der Waals surface area (Å²) >= 11 is 6.60. The number of hydrogen-bond acceptors (Lipinski definition) is 6. The van der Waals surface area contributed by atoms with Crippen molar-refractivity contribution in [2.75, 3.05) is 18.8 Å². The molecule has 1 fully saturated rings. The number of nitrogens with two attached hydrogens (primary N) is 1. The van der Waals surface area contributed by atoms with Gasteiger partial charge in [-0.1, -0.05) is 11.6 Å². The molecule has 1 atom stereocenters. The van der Waals surface area contributed by atoms with Gasteiger partial charge >= 0.3 is 6.09 Å². The molecule has 0 aromatic carbocycles. The Kier molecular flexibility index (Phi) is 5.09. The lowest BCUT2D eigenvalue weighted by atomic mass is 9.94. The van der Waals surface area contributed by atoms with Crippen molar-refractivity contribution >= 4 is 29.2 Å². The van der Waals surface area contributed by atoms with Gasteiger partial charge in [-0.25, -0.2) is 9.78 Å². The molecule has 1 aliphatic heterocycles. The van der Waals surface area contributed by atoms with E-state index in [2.05, 4.69) is 10.2 Å². The summed E-state index contributed by atoms with van der Waals surface area (Å²) in [7, 11) is 1.85. The van der Waals surface area contributed by atoms with Crippen molar-refractivity contribution in [2.45, 2.75) is 45.1 Å². The number of aryl methyl sites for hydroxylation is 1. The lowest BCUT2D eigenvalue weighted by Crippen LogP contribution is -2.42. The van der Waals surface area contributed by atoms with Crippen LogP contribution in [0.15, 0.2) is 18.6 Å². The van der Waals surface area contributed by atoms with Gasteiger partial charge < -0.3 is 15.4 Å². The molecule has 2 N–H and O–H groups in total. The first-order valence-corrected chi connectivity index (χ1v) is 10.3. The average molecular weight is 432 g/mol. The average Bonchev–Trinajstić information content (AvgIpc) is 3.29. The van der Waals surface area contributed by atoms with Gasteiger partial charge in [-0.3, -0.25) is 4.68 Å². The van der Waals surface area contributed by atoms with Crippen LogP contribution in [0.4, 0.5) is 10.6 Å². The second-order valence-electron chi connectivity index (χ2n) is 8.66. The summed E-state index contributed by atoms with van der Waals surface area (Å²) in [5.74, 6) is 0.295. The number of aromatic nitrogens is 5. The third-order valence-electron chi connectivity index (χ3n) is 5.12. The van der Waals surface area contributed by atoms with E-state index in [0.717, 1.165) is 24.0 Å². The van der Waals surface area contributed by atoms with Crippen LogP contribution < -0.4 is 5.73 Å². The van der Waals surface area contributed by atoms with Crippen LogP contribution >= 0.6 is 11.6 Å². The molecule has 1 amide bonds. The molecular weight excluding hydrogens is 406 g/mol. The molecule has 10 heteroatoms. The van der Waals surface area contributed by atoms with Gasteiger partial charge in [-0.15, -0.1) is 0 Å². The van der Waals surface area contributed by atoms with Crippen molar-refractivity contribution in [3.8, 4) is 11.1 Å². The van der Waals surface area contributed by atoms with Crippen LogP contribution in [-0.4, -0.2) is 54.1 Å². The number of carbonyl (C=O) groups is 1. The maximum absolute atomic E-state index is 12.6. The zero-order chi connectivity index (χ0) is 21.6. The topological polar surface area (TPSA) is 104 Å². The van der Waals surface area contributed by atoms with Crippen molar-refractivity contribution < 1.29 is 9.53 Å². The number of fused-ring (bicyclic) bond motifs is 1. The number of anilines is 1. The Morgan fingerprint density at radius 2 is 2.07 bits per heavy atom. The quantitative estimate of drug-likeness (QED) is 0.666. The summed E-state index contributed by atoms with van der Waals surface area (Å²) < 4.78 is 8.80. The van der Waals surface area contributed by atoms with Gasteiger partial charge in [0.1, 0.15) is 16.4 Å². The van der Waals surface area contributed by atoms with Crippen molar-refractivity contribution in [1.29, 1.82) is 0 Å². The number of ether oxygens (including phenoxy) is 1. The first kappa shape index (κ1) is 20.5. The van der Waals surface area contributed by atoms with E-state index in [4.69, 9.17) is 27.1 Å². The van der Waals surface area contributed by atoms with E-state index < -0.39 is 5.60 Å². The Labute approximate surface area is 179 Å². The molecule has 3 aromatic rings. The van der Waals surface area contributed by atoms with Crippen molar-refractivity contribution in [1.82, 2.24) is 29.3 Å². The number of nitrogens with zero attached hydrogens (tertiary/aromatic N) is 6. The highest BCUT2D eigenvalue weighted by atomic mass is 35.5. The van der Waals surface area contributed by atoms with E-state index in [1.807, 2.05) is 34.0 Å². The highest BCUT2D eigenvalue weighted by Crippen LogP contribution is 2.36. The standard InChI is InChI=1S/C20H26ClN7O2/c1-20(2,3)30-19(29)27-7-5-6-12(11-27)16-15(21)17(22)28-18(25-16)14(9-24-28)13-8-23-26(4)10-13/h8-10,12H,5-7,11,22H2,1-4H3. The maximum Gasteiger partial charge on any atom is 0.410 e. The maximum atomic E-state index is 12.6. The van der Waals surface area contributed by atoms with Gasteiger partial charge in [0.15, 0.2) is 5.65 Å². The number of rotatable bonds is 2. The van der Waals surface area contributed by atoms with Crippen LogP contribution in [0.25, 0.3) is 16.8 Å². The van der Waals surface area contributed by atoms with Gasteiger partial charge in [0.05, 0.1) is 18.1 Å². The monoisotopic (exact) mass is 431 g/mol. The van der Waals surface area contributed by atoms with Crippen molar-refractivity contribution in [2.24, 2.45) is 7.05 Å². The summed E-state index contributed by atoms with van der Waals surface area (Å²) in [6.45, 7) is 6.71. The number of piperidine rings is 1. The molecule has 1 unspecified atom stereocenters. The van der Waals surface area contributed by atoms with Crippen LogP contribution in [0.3, 0.4) is 0 Å². The third kappa shape index (κ3) is 3.81. The zero-order valence-corrected chi connectivity index (χ0v) is 18.3. The van der Waals surface area contributed by atoms with E-state index in [-0.39, 0.29) is 12.0 Å². The van der Waals surface area contributed by atoms with Crippen LogP contribution in [0.5, 0.6) is 0 Å². The number of amides is 1. The molecule has 4 rings (SSSR count). The largest absolute Gasteiger partial charge is 0.444 e. The van der Waals surface area contributed by atoms with Crippen molar-refractivity contribution in [3.63, 3.8) is 0 Å². The zero-order valence-electron chi connectivity index (χ0n) is 17.6. The molecule has 0 radical (unpaired) electrons. The number of likely N-dealkylation sites (tertiary alicyclic amines) is 1. The second kappa shape index (κ2) is 7.46. The number of hydrogen-bond donors (Lipinski definition) is 1. The molecule has 30 heavy (non-hydrogen) atoms. The number of nitrogen functional groups attached to an aromatic ring is 1. The smallest absolute Gasteiger partial charge is 0.410 e. The van der Waals surface area contributed by atoms with E-state index >= 15 is 0 Å². The van der Waals surface area contributed by atoms with Gasteiger partial charge in [0.25, 0.3) is 0 Å². The fraction of sp³-hybridized carbons (Fsp3) is 0.500. The Hall–Kier alpha value is -2.81. The first-order valence-electron chi connectivity index (χ1n) is 9.93. The predicted molar refractivity (Wildman–Crippen MR) is 114 cm³/mol. The molecule has 0 aliphatic carbocycles. The van der Waals surface area contributed by atoms with Crippen LogP contribution in [0.1, 0.15) is 45.2 Å². The van der Waals surface area contributed by atoms with Crippen LogP contribution in [-0.2, 0) is 11.8 Å². The highest BCUT2D eigenvalue weighted by Gasteiger charge is 2.31. The van der Waals surface area contributed by atoms with E-state index in [0.29, 0.717) is 35.3 Å². The Bertz CT molecular complexity index is 1100. The third-order valence-corrected chi connectivity index (χ3v) is 5.51. The van der Waals surface area contributed by atoms with Gasteiger partial charge in [-0.05, 0) is 33.6 Å². The molecular formula is C20H26ClN7O2. The van der Waals surface area contributed by atoms with Gasteiger partial charge in [0, 0.05) is 43.4 Å². The van der Waals surface area contributed by atoms with E-state index in [1.165, 1.54) is 0 Å². The fourth-order valence-corrected chi connectivity index (χ4v) is 4.02. The predicted octanol–water partition coefficient (Wildman–Crippen LogP) is 3.48. The van der Waals surface area contributed by atoms with E-state index in [1.54, 1.807) is 26.5 Å². The van der Waals surface area contributed by atoms with Crippen LogP contribution in [0.2, 0.25) is 5.02 Å².